The predicted octanol–water partition coefficient (Wildman–Crippen LogP) is 1.70. The second kappa shape index (κ2) is 5.53. The third-order valence-corrected chi connectivity index (χ3v) is 3.46. The van der Waals surface area contributed by atoms with E-state index in [2.05, 4.69) is 5.32 Å². The zero-order chi connectivity index (χ0) is 12.2. The van der Waals surface area contributed by atoms with E-state index in [0.717, 1.165) is 19.4 Å². The summed E-state index contributed by atoms with van der Waals surface area (Å²) in [6.45, 7) is 7.29. The van der Waals surface area contributed by atoms with Gasteiger partial charge in [0, 0.05) is 19.1 Å². The van der Waals surface area contributed by atoms with Crippen LogP contribution in [0.1, 0.15) is 46.5 Å². The summed E-state index contributed by atoms with van der Waals surface area (Å²) in [6, 6.07) is 0.211. The number of likely N-dealkylation sites (N-methyl/N-ethyl adjacent to an activating group) is 1. The molecule has 1 aliphatic carbocycles. The van der Waals surface area contributed by atoms with Crippen LogP contribution >= 0.6 is 0 Å². The number of nitrogens with two attached hydrogens (primary N) is 1. The molecule has 1 rings (SSSR count). The third kappa shape index (κ3) is 2.67. The van der Waals surface area contributed by atoms with Crippen LogP contribution < -0.4 is 11.1 Å². The molecule has 4 heteroatoms. The minimum atomic E-state index is -0.0896. The number of carbonyl (C=O) groups excluding carboxylic acids is 1. The summed E-state index contributed by atoms with van der Waals surface area (Å²) in [5.41, 5.74) is 5.80. The fourth-order valence-electron chi connectivity index (χ4n) is 2.64. The average Bonchev–Trinajstić information content (AvgIpc) is 2.67. The molecular weight excluding hydrogens is 202 g/mol. The molecule has 0 atom stereocenters. The first-order chi connectivity index (χ1) is 7.55. The number of amides is 2. The largest absolute Gasteiger partial charge is 0.336 e. The normalized spacial score (nSPS) is 18.8. The number of urea groups is 1. The lowest BCUT2D eigenvalue weighted by atomic mass is 9.95. The Kier molecular flexibility index (Phi) is 4.59. The number of hydrogen-bond donors (Lipinski definition) is 2. The van der Waals surface area contributed by atoms with Gasteiger partial charge in [-0.3, -0.25) is 0 Å². The van der Waals surface area contributed by atoms with Crippen LogP contribution in [0, 0.1) is 0 Å². The molecule has 0 spiro atoms. The molecule has 0 aliphatic heterocycles. The second-order valence-corrected chi connectivity index (χ2v) is 4.98. The molecule has 0 aromatic carbocycles. The number of carbonyl (C=O) groups is 1. The van der Waals surface area contributed by atoms with E-state index in [-0.39, 0.29) is 17.6 Å². The SMILES string of the molecule is CCN(C(=O)NC(C)C)C1(CN)CCCC1. The monoisotopic (exact) mass is 227 g/mol. The first-order valence-electron chi connectivity index (χ1n) is 6.34. The standard InChI is InChI=1S/C12H25N3O/c1-4-15(11(16)14-10(2)3)12(9-13)7-5-6-8-12/h10H,4-9,13H2,1-3H3,(H,14,16). The van der Waals surface area contributed by atoms with Crippen molar-refractivity contribution in [1.29, 1.82) is 0 Å². The third-order valence-electron chi connectivity index (χ3n) is 3.46. The zero-order valence-electron chi connectivity index (χ0n) is 10.8. The van der Waals surface area contributed by atoms with Crippen molar-refractivity contribution >= 4 is 6.03 Å². The molecule has 1 aliphatic rings. The fourth-order valence-corrected chi connectivity index (χ4v) is 2.64. The minimum absolute atomic E-state index is 0.0323. The van der Waals surface area contributed by atoms with E-state index >= 15 is 0 Å². The molecule has 16 heavy (non-hydrogen) atoms. The quantitative estimate of drug-likeness (QED) is 0.768. The summed E-state index contributed by atoms with van der Waals surface area (Å²) in [7, 11) is 0. The van der Waals surface area contributed by atoms with E-state index in [0.29, 0.717) is 6.54 Å². The van der Waals surface area contributed by atoms with Crippen molar-refractivity contribution in [2.75, 3.05) is 13.1 Å². The summed E-state index contributed by atoms with van der Waals surface area (Å²) in [5.74, 6) is 0. The number of nitrogens with one attached hydrogen (secondary N) is 1. The molecule has 4 nitrogen and oxygen atoms in total. The molecule has 0 unspecified atom stereocenters. The van der Waals surface area contributed by atoms with E-state index in [4.69, 9.17) is 5.73 Å². The summed E-state index contributed by atoms with van der Waals surface area (Å²) in [4.78, 5) is 14.0. The van der Waals surface area contributed by atoms with Gasteiger partial charge in [0.05, 0.1) is 5.54 Å². The van der Waals surface area contributed by atoms with Crippen LogP contribution in [0.2, 0.25) is 0 Å². The highest BCUT2D eigenvalue weighted by atomic mass is 16.2. The maximum atomic E-state index is 12.1. The van der Waals surface area contributed by atoms with Gasteiger partial charge in [0.2, 0.25) is 0 Å². The van der Waals surface area contributed by atoms with Crippen LogP contribution in [0.5, 0.6) is 0 Å². The van der Waals surface area contributed by atoms with Crippen molar-refractivity contribution in [3.05, 3.63) is 0 Å². The Morgan fingerprint density at radius 3 is 2.38 bits per heavy atom. The van der Waals surface area contributed by atoms with E-state index in [1.165, 1.54) is 12.8 Å². The van der Waals surface area contributed by atoms with Crippen molar-refractivity contribution in [2.24, 2.45) is 5.73 Å². The van der Waals surface area contributed by atoms with Gasteiger partial charge in [-0.1, -0.05) is 12.8 Å². The average molecular weight is 227 g/mol. The van der Waals surface area contributed by atoms with Gasteiger partial charge in [-0.15, -0.1) is 0 Å². The molecule has 0 radical (unpaired) electrons. The van der Waals surface area contributed by atoms with Crippen molar-refractivity contribution in [3.8, 4) is 0 Å². The second-order valence-electron chi connectivity index (χ2n) is 4.98. The lowest BCUT2D eigenvalue weighted by molar-refractivity contribution is 0.122. The Hall–Kier alpha value is -0.770. The van der Waals surface area contributed by atoms with E-state index in [1.807, 2.05) is 25.7 Å². The van der Waals surface area contributed by atoms with Gasteiger partial charge in [0.25, 0.3) is 0 Å². The van der Waals surface area contributed by atoms with Crippen molar-refractivity contribution < 1.29 is 4.79 Å². The Bertz CT molecular complexity index is 234. The van der Waals surface area contributed by atoms with E-state index < -0.39 is 0 Å². The van der Waals surface area contributed by atoms with Gasteiger partial charge < -0.3 is 16.0 Å². The van der Waals surface area contributed by atoms with Crippen LogP contribution in [0.15, 0.2) is 0 Å². The van der Waals surface area contributed by atoms with Crippen molar-refractivity contribution in [3.63, 3.8) is 0 Å². The van der Waals surface area contributed by atoms with Gasteiger partial charge in [0.15, 0.2) is 0 Å². The number of nitrogens with zero attached hydrogens (tertiary/aromatic N) is 1. The molecule has 0 bridgehead atoms. The van der Waals surface area contributed by atoms with Gasteiger partial charge in [-0.2, -0.15) is 0 Å². The molecule has 2 amide bonds. The molecule has 0 aromatic rings. The molecule has 0 saturated heterocycles. The molecule has 0 aromatic heterocycles. The zero-order valence-corrected chi connectivity index (χ0v) is 10.8. The molecule has 94 valence electrons. The van der Waals surface area contributed by atoms with Gasteiger partial charge in [0.1, 0.15) is 0 Å². The fraction of sp³-hybridized carbons (Fsp3) is 0.917. The van der Waals surface area contributed by atoms with E-state index in [1.54, 1.807) is 0 Å². The first kappa shape index (κ1) is 13.3. The summed E-state index contributed by atoms with van der Waals surface area (Å²) in [5, 5.41) is 2.96. The molecule has 1 saturated carbocycles. The van der Waals surface area contributed by atoms with Crippen molar-refractivity contribution in [1.82, 2.24) is 10.2 Å². The highest BCUT2D eigenvalue weighted by Crippen LogP contribution is 2.34. The Balaban J connectivity index is 2.75. The van der Waals surface area contributed by atoms with Gasteiger partial charge in [-0.25, -0.2) is 4.79 Å². The Morgan fingerprint density at radius 1 is 1.44 bits per heavy atom. The van der Waals surface area contributed by atoms with Gasteiger partial charge >= 0.3 is 6.03 Å². The summed E-state index contributed by atoms with van der Waals surface area (Å²) < 4.78 is 0. The maximum absolute atomic E-state index is 12.1. The summed E-state index contributed by atoms with van der Waals surface area (Å²) >= 11 is 0. The van der Waals surface area contributed by atoms with Crippen LogP contribution in [0.4, 0.5) is 4.79 Å². The first-order valence-corrected chi connectivity index (χ1v) is 6.34. The molecule has 1 fully saturated rings. The Labute approximate surface area is 98.6 Å². The maximum Gasteiger partial charge on any atom is 0.318 e. The molecule has 3 N–H and O–H groups in total. The van der Waals surface area contributed by atoms with Crippen molar-refractivity contribution in [2.45, 2.75) is 58.0 Å². The Morgan fingerprint density at radius 2 is 2.00 bits per heavy atom. The van der Waals surface area contributed by atoms with E-state index in [9.17, 15) is 4.79 Å². The van der Waals surface area contributed by atoms with Crippen LogP contribution in [0.25, 0.3) is 0 Å². The topological polar surface area (TPSA) is 58.4 Å². The smallest absolute Gasteiger partial charge is 0.318 e. The minimum Gasteiger partial charge on any atom is -0.336 e. The highest BCUT2D eigenvalue weighted by molar-refractivity contribution is 5.75. The number of hydrogen-bond acceptors (Lipinski definition) is 2. The van der Waals surface area contributed by atoms with Crippen LogP contribution in [-0.2, 0) is 0 Å². The lowest BCUT2D eigenvalue weighted by Crippen LogP contribution is -2.58. The summed E-state index contributed by atoms with van der Waals surface area (Å²) in [6.07, 6.45) is 4.46. The number of rotatable bonds is 4. The van der Waals surface area contributed by atoms with Crippen LogP contribution in [-0.4, -0.2) is 35.6 Å². The lowest BCUT2D eigenvalue weighted by Gasteiger charge is -2.40. The van der Waals surface area contributed by atoms with Gasteiger partial charge in [-0.05, 0) is 33.6 Å². The highest BCUT2D eigenvalue weighted by Gasteiger charge is 2.40. The predicted molar refractivity (Wildman–Crippen MR) is 66.3 cm³/mol. The molecule has 0 heterocycles. The molecular formula is C12H25N3O. The van der Waals surface area contributed by atoms with Crippen LogP contribution in [0.3, 0.4) is 0 Å².